The average Bonchev–Trinajstić information content (AvgIpc) is 2.44. The molecule has 2 aromatic carbocycles. The van der Waals surface area contributed by atoms with Crippen molar-refractivity contribution in [2.75, 3.05) is 0 Å². The van der Waals surface area contributed by atoms with Crippen molar-refractivity contribution in [2.45, 2.75) is 19.6 Å². The Morgan fingerprint density at radius 1 is 0.654 bits per heavy atom. The summed E-state index contributed by atoms with van der Waals surface area (Å²) in [5, 5.41) is 0. The van der Waals surface area contributed by atoms with E-state index in [1.165, 1.54) is 0 Å². The molecule has 0 atom stereocenters. The molecule has 0 aliphatic heterocycles. The topological polar surface area (TPSA) is 27.7 Å². The highest BCUT2D eigenvalue weighted by molar-refractivity contribution is 6.75. The zero-order valence-electron chi connectivity index (χ0n) is 13.9. The van der Waals surface area contributed by atoms with Crippen LogP contribution < -0.4 is 7.58 Å². The second-order valence-electron chi connectivity index (χ2n) is 6.15. The molecule has 0 aliphatic rings. The molecule has 2 aromatic rings. The molecule has 0 spiro atoms. The predicted octanol–water partition coefficient (Wildman–Crippen LogP) is 4.82. The van der Waals surface area contributed by atoms with Gasteiger partial charge in [0.15, 0.2) is 43.1 Å². The maximum absolute atomic E-state index is 13.8. The van der Waals surface area contributed by atoms with E-state index in [-0.39, 0.29) is 0 Å². The molecule has 0 saturated heterocycles. The molecule has 0 aliphatic carbocycles. The number of hydrogen-bond donors (Lipinski definition) is 0. The average molecular weight is 410 g/mol. The first-order valence-corrected chi connectivity index (χ1v) is 12.1. The fraction of sp³-hybridized carbons (Fsp3) is 0.200. The predicted molar refractivity (Wildman–Crippen MR) is 84.1 cm³/mol. The third kappa shape index (κ3) is 5.41. The van der Waals surface area contributed by atoms with E-state index in [2.05, 4.69) is 0 Å². The molecule has 26 heavy (non-hydrogen) atoms. The van der Waals surface area contributed by atoms with Crippen LogP contribution in [-0.4, -0.2) is 23.5 Å². The maximum atomic E-state index is 13.8. The van der Waals surface area contributed by atoms with E-state index in [0.29, 0.717) is 24.3 Å². The van der Waals surface area contributed by atoms with E-state index in [1.807, 2.05) is 0 Å². The fourth-order valence-corrected chi connectivity index (χ4v) is 5.41. The smallest absolute Gasteiger partial charge is 0.584 e. The van der Waals surface area contributed by atoms with Crippen LogP contribution in [0.5, 0.6) is 11.5 Å². The Hall–Kier alpha value is -1.67. The summed E-state index contributed by atoms with van der Waals surface area (Å²) >= 11 is -3.60. The normalized spacial score (nSPS) is 11.4. The molecule has 3 nitrogen and oxygen atoms in total. The second-order valence-corrected chi connectivity index (χ2v) is 12.4. The highest BCUT2D eigenvalue weighted by Crippen LogP contribution is 2.27. The summed E-state index contributed by atoms with van der Waals surface area (Å²) in [4.78, 5) is 0. The standard InChI is InChI=1S/2C6H3F3O.C3H9OSi.Al/c2*7-3-1-4(8)6(10)5(9)2-3;1-5(2,3)4;/h2*1-2,10H;1-3H3;/q;;-1;+3/p-2. The highest BCUT2D eigenvalue weighted by Gasteiger charge is 2.46. The van der Waals surface area contributed by atoms with Crippen LogP contribution in [0.3, 0.4) is 0 Å². The van der Waals surface area contributed by atoms with Crippen molar-refractivity contribution in [3.63, 3.8) is 0 Å². The first-order valence-electron chi connectivity index (χ1n) is 7.26. The van der Waals surface area contributed by atoms with Crippen molar-refractivity contribution in [1.29, 1.82) is 0 Å². The lowest BCUT2D eigenvalue weighted by atomic mass is 10.3. The van der Waals surface area contributed by atoms with Gasteiger partial charge in [0.25, 0.3) is 0 Å². The summed E-state index contributed by atoms with van der Waals surface area (Å²) in [5.41, 5.74) is 0. The molecule has 0 saturated carbocycles. The Morgan fingerprint density at radius 2 is 0.962 bits per heavy atom. The molecule has 140 valence electrons. The van der Waals surface area contributed by atoms with Gasteiger partial charge in [-0.05, 0) is 19.6 Å². The number of benzene rings is 2. The Balaban J connectivity index is 2.36. The molecule has 0 unspecified atom stereocenters. The first-order chi connectivity index (χ1) is 12.0. The Labute approximate surface area is 151 Å². The van der Waals surface area contributed by atoms with Gasteiger partial charge in [0.1, 0.15) is 11.6 Å². The maximum Gasteiger partial charge on any atom is 1.09 e. The van der Waals surface area contributed by atoms with Crippen LogP contribution in [0.15, 0.2) is 24.3 Å². The van der Waals surface area contributed by atoms with Crippen LogP contribution in [0.2, 0.25) is 19.6 Å². The molecule has 0 aromatic heterocycles. The van der Waals surface area contributed by atoms with Gasteiger partial charge >= 0.3 is 15.1 Å². The van der Waals surface area contributed by atoms with E-state index in [4.69, 9.17) is 11.1 Å². The summed E-state index contributed by atoms with van der Waals surface area (Å²) in [7, 11) is -2.45. The molecule has 0 heterocycles. The van der Waals surface area contributed by atoms with E-state index in [1.54, 1.807) is 19.6 Å². The number of hydrogen-bond acceptors (Lipinski definition) is 3. The minimum Gasteiger partial charge on any atom is -0.584 e. The van der Waals surface area contributed by atoms with E-state index in [0.717, 1.165) is 0 Å². The minimum absolute atomic E-state index is 0.372. The largest absolute Gasteiger partial charge is 1.09 e. The van der Waals surface area contributed by atoms with Gasteiger partial charge in [0.05, 0.1) is 0 Å². The third-order valence-electron chi connectivity index (χ3n) is 2.80. The second kappa shape index (κ2) is 7.92. The molecular formula is C15H13AlF6O3Si. The molecule has 2 rings (SSSR count). The molecule has 0 bridgehead atoms. The van der Waals surface area contributed by atoms with Crippen LogP contribution >= 0.6 is 0 Å². The zero-order valence-corrected chi connectivity index (χ0v) is 16.0. The van der Waals surface area contributed by atoms with Crippen LogP contribution in [0, 0.1) is 34.9 Å². The lowest BCUT2D eigenvalue weighted by Crippen LogP contribution is -2.43. The van der Waals surface area contributed by atoms with E-state index < -0.39 is 69.9 Å². The summed E-state index contributed by atoms with van der Waals surface area (Å²) in [6.45, 7) is 5.03. The lowest BCUT2D eigenvalue weighted by Gasteiger charge is -2.23. The van der Waals surface area contributed by atoms with Crippen LogP contribution in [0.25, 0.3) is 0 Å². The molecular weight excluding hydrogens is 397 g/mol. The summed E-state index contributed by atoms with van der Waals surface area (Å²) in [6.07, 6.45) is 0. The number of rotatable bonds is 6. The Morgan fingerprint density at radius 3 is 1.23 bits per heavy atom. The van der Waals surface area contributed by atoms with Crippen molar-refractivity contribution in [3.05, 3.63) is 59.2 Å². The van der Waals surface area contributed by atoms with E-state index >= 15 is 0 Å². The summed E-state index contributed by atoms with van der Waals surface area (Å²) in [6, 6.07) is 1.49. The molecule has 0 radical (unpaired) electrons. The van der Waals surface area contributed by atoms with Gasteiger partial charge < -0.3 is 11.1 Å². The first kappa shape index (κ1) is 20.6. The zero-order chi connectivity index (χ0) is 19.6. The van der Waals surface area contributed by atoms with Gasteiger partial charge in [-0.1, -0.05) is 0 Å². The summed E-state index contributed by atoms with van der Waals surface area (Å²) in [5.74, 6) is -9.83. The third-order valence-corrected chi connectivity index (χ3v) is 7.26. The van der Waals surface area contributed by atoms with Crippen LogP contribution in [-0.2, 0) is 3.48 Å². The Bertz CT molecular complexity index is 709. The quantitative estimate of drug-likeness (QED) is 0.505. The van der Waals surface area contributed by atoms with Gasteiger partial charge in [-0.15, -0.1) is 0 Å². The van der Waals surface area contributed by atoms with Gasteiger partial charge in [0.2, 0.25) is 0 Å². The van der Waals surface area contributed by atoms with Crippen molar-refractivity contribution >= 4 is 23.5 Å². The van der Waals surface area contributed by atoms with Crippen molar-refractivity contribution in [1.82, 2.24) is 0 Å². The van der Waals surface area contributed by atoms with Crippen molar-refractivity contribution in [3.8, 4) is 11.5 Å². The fourth-order valence-electron chi connectivity index (χ4n) is 1.84. The van der Waals surface area contributed by atoms with Crippen LogP contribution in [0.1, 0.15) is 0 Å². The Kier molecular flexibility index (Phi) is 6.29. The molecule has 0 amide bonds. The monoisotopic (exact) mass is 410 g/mol. The number of halogens is 6. The van der Waals surface area contributed by atoms with Crippen molar-refractivity contribution in [2.24, 2.45) is 0 Å². The molecule has 0 fully saturated rings. The van der Waals surface area contributed by atoms with Crippen molar-refractivity contribution < 1.29 is 37.4 Å². The highest BCUT2D eigenvalue weighted by atomic mass is 28.4. The minimum atomic E-state index is -3.60. The van der Waals surface area contributed by atoms with Gasteiger partial charge in [0, 0.05) is 24.3 Å². The summed E-state index contributed by atoms with van der Waals surface area (Å²) < 4.78 is 96.7. The molecule has 0 N–H and O–H groups in total. The SMILES string of the molecule is C[Si](C)(C)[O][Al]([O]c1c(F)cc(F)cc1F)[O]c1c(F)cc(F)cc1F. The van der Waals surface area contributed by atoms with Gasteiger partial charge in [-0.25, -0.2) is 26.3 Å². The van der Waals surface area contributed by atoms with Gasteiger partial charge in [-0.2, -0.15) is 0 Å². The van der Waals surface area contributed by atoms with E-state index in [9.17, 15) is 26.3 Å². The molecule has 11 heteroatoms. The van der Waals surface area contributed by atoms with Crippen LogP contribution in [0.4, 0.5) is 26.3 Å². The van der Waals surface area contributed by atoms with Gasteiger partial charge in [-0.3, -0.25) is 0 Å². The lowest BCUT2D eigenvalue weighted by molar-refractivity contribution is 0.276.